The summed E-state index contributed by atoms with van der Waals surface area (Å²) in [6, 6.07) is 13.3. The minimum absolute atomic E-state index is 0.316. The van der Waals surface area contributed by atoms with Crippen molar-refractivity contribution >= 4 is 11.6 Å². The molecule has 1 unspecified atom stereocenters. The van der Waals surface area contributed by atoms with Crippen LogP contribution in [0.2, 0.25) is 5.02 Å². The van der Waals surface area contributed by atoms with Gasteiger partial charge in [-0.05, 0) is 43.2 Å². The van der Waals surface area contributed by atoms with E-state index < -0.39 is 0 Å². The van der Waals surface area contributed by atoms with Gasteiger partial charge in [0.2, 0.25) is 0 Å². The van der Waals surface area contributed by atoms with Crippen LogP contribution in [0.3, 0.4) is 0 Å². The second kappa shape index (κ2) is 6.62. The third kappa shape index (κ3) is 3.36. The average molecular weight is 301 g/mol. The van der Waals surface area contributed by atoms with E-state index in [1.807, 2.05) is 50.2 Å². The average Bonchev–Trinajstić information content (AvgIpc) is 2.47. The molecule has 21 heavy (non-hydrogen) atoms. The van der Waals surface area contributed by atoms with Crippen LogP contribution in [0.25, 0.3) is 0 Å². The first-order chi connectivity index (χ1) is 10.1. The molecule has 3 nitrogen and oxygen atoms in total. The molecule has 2 aromatic rings. The van der Waals surface area contributed by atoms with Gasteiger partial charge in [-0.15, -0.1) is 0 Å². The van der Waals surface area contributed by atoms with Gasteiger partial charge < -0.3 is 10.5 Å². The summed E-state index contributed by atoms with van der Waals surface area (Å²) in [5.74, 6) is 0.754. The largest absolute Gasteiger partial charge is 0.484 e. The summed E-state index contributed by atoms with van der Waals surface area (Å²) >= 11 is 6.21. The topological polar surface area (TPSA) is 59.0 Å². The molecule has 1 atom stereocenters. The van der Waals surface area contributed by atoms with E-state index in [9.17, 15) is 0 Å². The highest BCUT2D eigenvalue weighted by atomic mass is 35.5. The number of rotatable bonds is 4. The number of halogens is 1. The smallest absolute Gasteiger partial charge is 0.137 e. The first kappa shape index (κ1) is 15.4. The Hall–Kier alpha value is -2.02. The highest BCUT2D eigenvalue weighted by molar-refractivity contribution is 6.31. The van der Waals surface area contributed by atoms with Gasteiger partial charge in [0, 0.05) is 17.1 Å². The van der Waals surface area contributed by atoms with Crippen molar-refractivity contribution in [2.45, 2.75) is 20.0 Å². The van der Waals surface area contributed by atoms with Crippen LogP contribution in [0.4, 0.5) is 0 Å². The minimum atomic E-state index is -0.316. The van der Waals surface area contributed by atoms with E-state index in [2.05, 4.69) is 6.07 Å². The molecule has 0 heterocycles. The number of nitriles is 1. The summed E-state index contributed by atoms with van der Waals surface area (Å²) < 4.78 is 6.07. The summed E-state index contributed by atoms with van der Waals surface area (Å²) in [6.45, 7) is 4.16. The summed E-state index contributed by atoms with van der Waals surface area (Å²) in [5.41, 5.74) is 9.16. The fraction of sp³-hybridized carbons (Fsp3) is 0.235. The summed E-state index contributed by atoms with van der Waals surface area (Å²) in [5, 5.41) is 9.63. The van der Waals surface area contributed by atoms with Crippen LogP contribution >= 0.6 is 11.6 Å². The van der Waals surface area contributed by atoms with Gasteiger partial charge in [0.15, 0.2) is 0 Å². The van der Waals surface area contributed by atoms with Gasteiger partial charge in [-0.1, -0.05) is 29.8 Å². The molecule has 0 spiro atoms. The fourth-order valence-electron chi connectivity index (χ4n) is 2.32. The van der Waals surface area contributed by atoms with Crippen molar-refractivity contribution in [2.75, 3.05) is 6.54 Å². The van der Waals surface area contributed by atoms with E-state index in [1.54, 1.807) is 0 Å². The lowest BCUT2D eigenvalue weighted by molar-refractivity contribution is 0.211. The second-order valence-corrected chi connectivity index (χ2v) is 5.32. The Labute approximate surface area is 129 Å². The van der Waals surface area contributed by atoms with Crippen LogP contribution < -0.4 is 10.5 Å². The molecule has 0 amide bonds. The molecule has 2 rings (SSSR count). The van der Waals surface area contributed by atoms with Gasteiger partial charge in [0.05, 0.1) is 11.6 Å². The lowest BCUT2D eigenvalue weighted by atomic mass is 10.1. The number of nitrogens with zero attached hydrogens (tertiary/aromatic N) is 1. The molecule has 0 saturated heterocycles. The Bertz CT molecular complexity index is 668. The van der Waals surface area contributed by atoms with Crippen molar-refractivity contribution < 1.29 is 4.74 Å². The van der Waals surface area contributed by atoms with Gasteiger partial charge in [0.1, 0.15) is 11.9 Å². The normalized spacial score (nSPS) is 11.8. The van der Waals surface area contributed by atoms with Gasteiger partial charge in [-0.2, -0.15) is 5.26 Å². The Morgan fingerprint density at radius 1 is 1.24 bits per heavy atom. The zero-order valence-corrected chi connectivity index (χ0v) is 12.8. The van der Waals surface area contributed by atoms with E-state index in [1.165, 1.54) is 0 Å². The molecule has 4 heteroatoms. The summed E-state index contributed by atoms with van der Waals surface area (Å²) in [7, 11) is 0. The molecule has 0 saturated carbocycles. The molecular formula is C17H17ClN2O. The quantitative estimate of drug-likeness (QED) is 0.931. The number of aryl methyl sites for hydroxylation is 2. The number of ether oxygens (including phenoxy) is 1. The van der Waals surface area contributed by atoms with Crippen molar-refractivity contribution in [3.05, 3.63) is 63.7 Å². The number of benzene rings is 2. The van der Waals surface area contributed by atoms with Crippen LogP contribution in [0, 0.1) is 25.2 Å². The first-order valence-electron chi connectivity index (χ1n) is 6.69. The molecule has 108 valence electrons. The van der Waals surface area contributed by atoms with Gasteiger partial charge >= 0.3 is 0 Å². The molecule has 2 aromatic carbocycles. The predicted octanol–water partition coefficient (Wildman–Crippen LogP) is 3.91. The summed E-state index contributed by atoms with van der Waals surface area (Å²) in [4.78, 5) is 0. The molecule has 0 aliphatic carbocycles. The number of hydrogen-bond acceptors (Lipinski definition) is 3. The predicted molar refractivity (Wildman–Crippen MR) is 84.5 cm³/mol. The third-order valence-corrected chi connectivity index (χ3v) is 3.66. The monoisotopic (exact) mass is 300 g/mol. The molecule has 0 fully saturated rings. The Kier molecular flexibility index (Phi) is 4.85. The molecule has 0 aliphatic heterocycles. The summed E-state index contributed by atoms with van der Waals surface area (Å²) in [6.07, 6.45) is -0.316. The van der Waals surface area contributed by atoms with Crippen LogP contribution in [-0.2, 0) is 0 Å². The van der Waals surface area contributed by atoms with E-state index >= 15 is 0 Å². The Morgan fingerprint density at radius 3 is 2.38 bits per heavy atom. The van der Waals surface area contributed by atoms with Crippen molar-refractivity contribution in [3.8, 4) is 11.8 Å². The second-order valence-electron chi connectivity index (χ2n) is 4.91. The Morgan fingerprint density at radius 2 is 1.86 bits per heavy atom. The third-order valence-electron chi connectivity index (χ3n) is 3.32. The maximum absolute atomic E-state index is 8.99. The zero-order chi connectivity index (χ0) is 15.4. The van der Waals surface area contributed by atoms with E-state index in [4.69, 9.17) is 27.3 Å². The highest BCUT2D eigenvalue weighted by Crippen LogP contribution is 2.31. The van der Waals surface area contributed by atoms with Crippen LogP contribution in [0.1, 0.15) is 28.4 Å². The molecular weight excluding hydrogens is 284 g/mol. The number of nitrogens with two attached hydrogens (primary N) is 1. The van der Waals surface area contributed by atoms with Gasteiger partial charge in [0.25, 0.3) is 0 Å². The lowest BCUT2D eigenvalue weighted by Gasteiger charge is -2.21. The molecule has 0 bridgehead atoms. The maximum atomic E-state index is 8.99. The maximum Gasteiger partial charge on any atom is 0.137 e. The molecule has 0 aliphatic rings. The molecule has 0 aromatic heterocycles. The van der Waals surface area contributed by atoms with Crippen molar-refractivity contribution in [1.82, 2.24) is 0 Å². The molecule has 0 radical (unpaired) electrons. The number of hydrogen-bond donors (Lipinski definition) is 1. The fourth-order valence-corrected chi connectivity index (χ4v) is 2.58. The van der Waals surface area contributed by atoms with Crippen LogP contribution in [0.5, 0.6) is 5.75 Å². The van der Waals surface area contributed by atoms with Gasteiger partial charge in [-0.3, -0.25) is 0 Å². The van der Waals surface area contributed by atoms with Crippen molar-refractivity contribution in [1.29, 1.82) is 5.26 Å². The first-order valence-corrected chi connectivity index (χ1v) is 7.07. The Balaban J connectivity index is 2.36. The van der Waals surface area contributed by atoms with Crippen molar-refractivity contribution in [3.63, 3.8) is 0 Å². The van der Waals surface area contributed by atoms with E-state index in [0.717, 1.165) is 22.4 Å². The minimum Gasteiger partial charge on any atom is -0.484 e. The zero-order valence-electron chi connectivity index (χ0n) is 12.1. The molecule has 2 N–H and O–H groups in total. The van der Waals surface area contributed by atoms with Crippen LogP contribution in [-0.4, -0.2) is 6.54 Å². The van der Waals surface area contributed by atoms with Crippen molar-refractivity contribution in [2.24, 2.45) is 5.73 Å². The van der Waals surface area contributed by atoms with E-state index in [0.29, 0.717) is 17.1 Å². The highest BCUT2D eigenvalue weighted by Gasteiger charge is 2.17. The van der Waals surface area contributed by atoms with E-state index in [-0.39, 0.29) is 6.10 Å². The SMILES string of the molecule is Cc1cc(C#N)cc(C)c1OC(CN)c1ccccc1Cl. The van der Waals surface area contributed by atoms with Gasteiger partial charge in [-0.25, -0.2) is 0 Å². The standard InChI is InChI=1S/C17H17ClN2O/c1-11-7-13(9-19)8-12(2)17(11)21-16(10-20)14-5-3-4-6-15(14)18/h3-8,16H,10,20H2,1-2H3. The lowest BCUT2D eigenvalue weighted by Crippen LogP contribution is -2.19. The van der Waals surface area contributed by atoms with Crippen LogP contribution in [0.15, 0.2) is 36.4 Å².